The smallest absolute Gasteiger partial charge is 0.404 e. The molecule has 2 heterocycles. The number of hydrogen-bond donors (Lipinski definition) is 2. The van der Waals surface area contributed by atoms with Crippen LogP contribution in [0.1, 0.15) is 5.69 Å². The lowest BCUT2D eigenvalue weighted by atomic mass is 9.84. The second-order valence-corrected chi connectivity index (χ2v) is 2.71. The zero-order chi connectivity index (χ0) is 8.55. The fourth-order valence-electron chi connectivity index (χ4n) is 1.16. The Bertz CT molecular complexity index is 282. The summed E-state index contributed by atoms with van der Waals surface area (Å²) in [5, 5.41) is 6.74. The van der Waals surface area contributed by atoms with Crippen LogP contribution in [0.5, 0.6) is 0 Å². The average Bonchev–Trinajstić information content (AvgIpc) is 2.64. The van der Waals surface area contributed by atoms with Crippen molar-refractivity contribution < 1.29 is 9.31 Å². The zero-order valence-corrected chi connectivity index (χ0v) is 6.83. The van der Waals surface area contributed by atoms with Crippen molar-refractivity contribution in [1.29, 1.82) is 0 Å². The van der Waals surface area contributed by atoms with Gasteiger partial charge >= 0.3 is 7.12 Å². The molecule has 64 valence electrons. The quantitative estimate of drug-likeness (QED) is 0.528. The summed E-state index contributed by atoms with van der Waals surface area (Å²) in [5.41, 5.74) is 7.86. The molecule has 6 heteroatoms. The highest BCUT2D eigenvalue weighted by molar-refractivity contribution is 6.62. The number of nitrogens with two attached hydrogens (primary N) is 1. The van der Waals surface area contributed by atoms with Gasteiger partial charge in [0.1, 0.15) is 0 Å². The van der Waals surface area contributed by atoms with Crippen LogP contribution in [-0.4, -0.2) is 30.5 Å². The fourth-order valence-corrected chi connectivity index (χ4v) is 1.16. The molecular weight excluding hydrogens is 157 g/mol. The molecule has 0 unspecified atom stereocenters. The van der Waals surface area contributed by atoms with Crippen LogP contribution in [0.2, 0.25) is 0 Å². The van der Waals surface area contributed by atoms with Gasteiger partial charge in [-0.1, -0.05) is 0 Å². The first-order valence-electron chi connectivity index (χ1n) is 3.82. The third-order valence-corrected chi connectivity index (χ3v) is 1.88. The SMILES string of the molecule is Cc1n[nH]c(B2OCCO2)c1N. The number of nitrogens with one attached hydrogen (secondary N) is 1. The van der Waals surface area contributed by atoms with Crippen molar-refractivity contribution in [3.8, 4) is 0 Å². The number of nitrogens with zero attached hydrogens (tertiary/aromatic N) is 1. The summed E-state index contributed by atoms with van der Waals surface area (Å²) in [4.78, 5) is 0. The van der Waals surface area contributed by atoms with Crippen molar-refractivity contribution in [1.82, 2.24) is 10.2 Å². The van der Waals surface area contributed by atoms with Crippen molar-refractivity contribution in [2.24, 2.45) is 0 Å². The number of aromatic amines is 1. The molecule has 1 fully saturated rings. The molecule has 0 spiro atoms. The van der Waals surface area contributed by atoms with E-state index in [1.54, 1.807) is 0 Å². The Morgan fingerprint density at radius 1 is 1.50 bits per heavy atom. The van der Waals surface area contributed by atoms with Gasteiger partial charge in [-0.15, -0.1) is 0 Å². The van der Waals surface area contributed by atoms with Crippen molar-refractivity contribution in [3.05, 3.63) is 5.69 Å². The lowest BCUT2D eigenvalue weighted by Gasteiger charge is -2.00. The molecule has 0 aromatic carbocycles. The highest BCUT2D eigenvalue weighted by Gasteiger charge is 2.30. The van der Waals surface area contributed by atoms with E-state index in [0.717, 1.165) is 11.3 Å². The molecule has 1 aromatic heterocycles. The third-order valence-electron chi connectivity index (χ3n) is 1.88. The zero-order valence-electron chi connectivity index (χ0n) is 6.83. The van der Waals surface area contributed by atoms with Crippen LogP contribution >= 0.6 is 0 Å². The van der Waals surface area contributed by atoms with Crippen LogP contribution in [-0.2, 0) is 9.31 Å². The Morgan fingerprint density at radius 3 is 2.67 bits per heavy atom. The van der Waals surface area contributed by atoms with E-state index in [1.165, 1.54) is 0 Å². The van der Waals surface area contributed by atoms with Crippen molar-refractivity contribution in [2.75, 3.05) is 18.9 Å². The van der Waals surface area contributed by atoms with Gasteiger partial charge in [-0.3, -0.25) is 5.10 Å². The summed E-state index contributed by atoms with van der Waals surface area (Å²) >= 11 is 0. The third kappa shape index (κ3) is 1.09. The molecule has 12 heavy (non-hydrogen) atoms. The van der Waals surface area contributed by atoms with Crippen LogP contribution in [0, 0.1) is 6.92 Å². The number of hydrogen-bond acceptors (Lipinski definition) is 4. The monoisotopic (exact) mass is 167 g/mol. The molecule has 1 aliphatic heterocycles. The van der Waals surface area contributed by atoms with E-state index in [1.807, 2.05) is 6.92 Å². The summed E-state index contributed by atoms with van der Waals surface area (Å²) in [6.07, 6.45) is 0. The number of nitrogen functional groups attached to an aromatic ring is 1. The van der Waals surface area contributed by atoms with Crippen LogP contribution in [0.15, 0.2) is 0 Å². The summed E-state index contributed by atoms with van der Waals surface area (Å²) in [7, 11) is -0.355. The Hall–Kier alpha value is -1.01. The predicted molar refractivity (Wildman–Crippen MR) is 45.0 cm³/mol. The number of rotatable bonds is 1. The lowest BCUT2D eigenvalue weighted by Crippen LogP contribution is -2.34. The van der Waals surface area contributed by atoms with Gasteiger partial charge in [0.25, 0.3) is 0 Å². The van der Waals surface area contributed by atoms with Gasteiger partial charge in [-0.25, -0.2) is 0 Å². The first-order chi connectivity index (χ1) is 5.79. The van der Waals surface area contributed by atoms with Gasteiger partial charge in [0.2, 0.25) is 0 Å². The Kier molecular flexibility index (Phi) is 1.78. The van der Waals surface area contributed by atoms with Gasteiger partial charge in [-0.2, -0.15) is 5.10 Å². The normalized spacial score (nSPS) is 17.2. The summed E-state index contributed by atoms with van der Waals surface area (Å²) < 4.78 is 10.5. The second kappa shape index (κ2) is 2.80. The lowest BCUT2D eigenvalue weighted by molar-refractivity contribution is 0.365. The highest BCUT2D eigenvalue weighted by atomic mass is 16.6. The highest BCUT2D eigenvalue weighted by Crippen LogP contribution is 2.07. The Morgan fingerprint density at radius 2 is 2.17 bits per heavy atom. The van der Waals surface area contributed by atoms with Gasteiger partial charge in [-0.05, 0) is 6.92 Å². The van der Waals surface area contributed by atoms with Crippen molar-refractivity contribution in [3.63, 3.8) is 0 Å². The summed E-state index contributed by atoms with van der Waals surface area (Å²) in [6, 6.07) is 0. The Labute approximate surface area is 70.4 Å². The maximum absolute atomic E-state index is 5.73. The summed E-state index contributed by atoms with van der Waals surface area (Å²) in [5.74, 6) is 0. The molecule has 0 amide bonds. The summed E-state index contributed by atoms with van der Waals surface area (Å²) in [6.45, 7) is 3.06. The van der Waals surface area contributed by atoms with E-state index in [9.17, 15) is 0 Å². The van der Waals surface area contributed by atoms with E-state index >= 15 is 0 Å². The maximum atomic E-state index is 5.73. The molecule has 1 aliphatic rings. The van der Waals surface area contributed by atoms with Gasteiger partial charge in [0.05, 0.1) is 30.2 Å². The van der Waals surface area contributed by atoms with E-state index in [4.69, 9.17) is 15.0 Å². The van der Waals surface area contributed by atoms with Gasteiger partial charge in [0, 0.05) is 0 Å². The molecule has 0 atom stereocenters. The minimum Gasteiger partial charge on any atom is -0.404 e. The molecule has 1 saturated heterocycles. The minimum atomic E-state index is -0.355. The van der Waals surface area contributed by atoms with E-state index in [-0.39, 0.29) is 7.12 Å². The topological polar surface area (TPSA) is 73.2 Å². The van der Waals surface area contributed by atoms with Crippen LogP contribution in [0.25, 0.3) is 0 Å². The molecular formula is C6H10BN3O2. The minimum absolute atomic E-state index is 0.355. The Balaban J connectivity index is 2.26. The standard InChI is InChI=1S/C6H10BN3O2/c1-4-5(8)6(10-9-4)7-11-2-3-12-7/h2-3,8H2,1H3,(H,9,10). The number of H-pyrrole nitrogens is 1. The number of anilines is 1. The molecule has 3 N–H and O–H groups in total. The van der Waals surface area contributed by atoms with E-state index in [2.05, 4.69) is 10.2 Å². The molecule has 0 bridgehead atoms. The van der Waals surface area contributed by atoms with Crippen LogP contribution in [0.4, 0.5) is 5.69 Å². The average molecular weight is 167 g/mol. The molecule has 5 nitrogen and oxygen atoms in total. The first kappa shape index (κ1) is 7.63. The second-order valence-electron chi connectivity index (χ2n) is 2.71. The largest absolute Gasteiger partial charge is 0.515 e. The molecule has 0 aliphatic carbocycles. The molecule has 0 saturated carbocycles. The fraction of sp³-hybridized carbons (Fsp3) is 0.500. The molecule has 2 rings (SSSR count). The number of aromatic nitrogens is 2. The van der Waals surface area contributed by atoms with Gasteiger partial charge < -0.3 is 15.0 Å². The van der Waals surface area contributed by atoms with Crippen molar-refractivity contribution >= 4 is 18.4 Å². The molecule has 1 aromatic rings. The van der Waals surface area contributed by atoms with Crippen molar-refractivity contribution in [2.45, 2.75) is 6.92 Å². The predicted octanol–water partition coefficient (Wildman–Crippen LogP) is -0.958. The van der Waals surface area contributed by atoms with Crippen LogP contribution < -0.4 is 11.3 Å². The van der Waals surface area contributed by atoms with E-state index < -0.39 is 0 Å². The maximum Gasteiger partial charge on any atom is 0.515 e. The van der Waals surface area contributed by atoms with E-state index in [0.29, 0.717) is 18.9 Å². The van der Waals surface area contributed by atoms with Gasteiger partial charge in [0.15, 0.2) is 0 Å². The van der Waals surface area contributed by atoms with Crippen LogP contribution in [0.3, 0.4) is 0 Å². The number of aryl methyl sites for hydroxylation is 1. The molecule has 0 radical (unpaired) electrons. The first-order valence-corrected chi connectivity index (χ1v) is 3.82.